The Balaban J connectivity index is 1.93. The normalized spacial score (nSPS) is 46.6. The van der Waals surface area contributed by atoms with E-state index in [1.807, 2.05) is 0 Å². The zero-order valence-corrected chi connectivity index (χ0v) is 16.7. The molecule has 3 rings (SSSR count). The maximum absolute atomic E-state index is 11.5. The predicted octanol–water partition coefficient (Wildman–Crippen LogP) is -2.92. The summed E-state index contributed by atoms with van der Waals surface area (Å²) in [5.41, 5.74) is -1.44. The highest BCUT2D eigenvalue weighted by Crippen LogP contribution is 2.49. The maximum atomic E-state index is 11.5. The van der Waals surface area contributed by atoms with Crippen molar-refractivity contribution < 1.29 is 59.1 Å². The van der Waals surface area contributed by atoms with E-state index in [1.165, 1.54) is 21.0 Å². The Hall–Kier alpha value is -1.19. The topological polar surface area (TPSA) is 185 Å². The highest BCUT2D eigenvalue weighted by Gasteiger charge is 2.58. The molecular weight excluding hydrogens is 408 g/mol. The van der Waals surface area contributed by atoms with E-state index in [0.29, 0.717) is 5.57 Å². The van der Waals surface area contributed by atoms with E-state index in [4.69, 9.17) is 23.7 Å². The van der Waals surface area contributed by atoms with Crippen LogP contribution in [0.3, 0.4) is 0 Å². The third kappa shape index (κ3) is 4.00. The lowest BCUT2D eigenvalue weighted by atomic mass is 9.87. The SMILES string of the molecule is CO[C@H]1O[C@H](O[C@@H]2O[C@H](CO)[C@@H](O)[C@H](O)[C@H]2O)[C@@H]2C(=C1OC(C)=O)C[C@H](O)[C@@]2(C)O. The molecule has 0 unspecified atom stereocenters. The number of esters is 1. The van der Waals surface area contributed by atoms with Gasteiger partial charge >= 0.3 is 5.97 Å². The summed E-state index contributed by atoms with van der Waals surface area (Å²) in [5, 5.41) is 60.7. The van der Waals surface area contributed by atoms with Gasteiger partial charge < -0.3 is 54.3 Å². The average Bonchev–Trinajstić information content (AvgIpc) is 2.93. The number of fused-ring (bicyclic) bond motifs is 1. The minimum absolute atomic E-state index is 0.0134. The molecule has 10 atom stereocenters. The fourth-order valence-electron chi connectivity index (χ4n) is 4.06. The fourth-order valence-corrected chi connectivity index (χ4v) is 4.06. The van der Waals surface area contributed by atoms with E-state index < -0.39 is 73.5 Å². The van der Waals surface area contributed by atoms with Gasteiger partial charge in [0.05, 0.1) is 24.2 Å². The lowest BCUT2D eigenvalue weighted by molar-refractivity contribution is -0.367. The minimum atomic E-state index is -1.77. The van der Waals surface area contributed by atoms with Crippen LogP contribution in [0.25, 0.3) is 0 Å². The van der Waals surface area contributed by atoms with Crippen molar-refractivity contribution >= 4 is 5.97 Å². The largest absolute Gasteiger partial charge is 0.426 e. The van der Waals surface area contributed by atoms with Crippen molar-refractivity contribution in [2.24, 2.45) is 5.92 Å². The molecule has 0 bridgehead atoms. The van der Waals surface area contributed by atoms with E-state index in [0.717, 1.165) is 0 Å². The van der Waals surface area contributed by atoms with E-state index >= 15 is 0 Å². The summed E-state index contributed by atoms with van der Waals surface area (Å²) in [6.07, 6.45) is -11.6. The van der Waals surface area contributed by atoms with Gasteiger partial charge in [0.1, 0.15) is 24.4 Å². The number of hydrogen-bond donors (Lipinski definition) is 6. The van der Waals surface area contributed by atoms with Crippen LogP contribution in [0.5, 0.6) is 0 Å². The second-order valence-electron chi connectivity index (χ2n) is 7.81. The van der Waals surface area contributed by atoms with Crippen LogP contribution in [-0.4, -0.2) is 105 Å². The Morgan fingerprint density at radius 1 is 1.13 bits per heavy atom. The van der Waals surface area contributed by atoms with Crippen molar-refractivity contribution in [3.63, 3.8) is 0 Å². The van der Waals surface area contributed by atoms with Crippen molar-refractivity contribution in [1.82, 2.24) is 0 Å². The van der Waals surface area contributed by atoms with Crippen LogP contribution in [0.15, 0.2) is 11.3 Å². The summed E-state index contributed by atoms with van der Waals surface area (Å²) in [4.78, 5) is 11.5. The molecule has 172 valence electrons. The van der Waals surface area contributed by atoms with Gasteiger partial charge in [0.2, 0.25) is 6.29 Å². The molecule has 6 N–H and O–H groups in total. The highest BCUT2D eigenvalue weighted by molar-refractivity contribution is 5.67. The molecule has 30 heavy (non-hydrogen) atoms. The van der Waals surface area contributed by atoms with E-state index in [-0.39, 0.29) is 12.2 Å². The Bertz CT molecular complexity index is 676. The molecule has 12 nitrogen and oxygen atoms in total. The predicted molar refractivity (Wildman–Crippen MR) is 94.1 cm³/mol. The van der Waals surface area contributed by atoms with Gasteiger partial charge in [0, 0.05) is 20.5 Å². The van der Waals surface area contributed by atoms with Crippen LogP contribution < -0.4 is 0 Å². The monoisotopic (exact) mass is 436 g/mol. The van der Waals surface area contributed by atoms with Crippen LogP contribution in [0.1, 0.15) is 20.3 Å². The molecule has 12 heteroatoms. The van der Waals surface area contributed by atoms with Gasteiger partial charge in [0.15, 0.2) is 18.3 Å². The van der Waals surface area contributed by atoms with Gasteiger partial charge in [-0.05, 0) is 12.5 Å². The molecule has 2 aliphatic heterocycles. The number of carbonyl (C=O) groups excluding carboxylic acids is 1. The minimum Gasteiger partial charge on any atom is -0.426 e. The van der Waals surface area contributed by atoms with Crippen LogP contribution in [0, 0.1) is 5.92 Å². The van der Waals surface area contributed by atoms with Crippen molar-refractivity contribution in [2.75, 3.05) is 13.7 Å². The molecule has 0 aromatic heterocycles. The van der Waals surface area contributed by atoms with E-state index in [9.17, 15) is 35.4 Å². The molecule has 1 saturated heterocycles. The number of methoxy groups -OCH3 is 1. The Morgan fingerprint density at radius 2 is 1.80 bits per heavy atom. The van der Waals surface area contributed by atoms with Crippen molar-refractivity contribution in [1.29, 1.82) is 0 Å². The second kappa shape index (κ2) is 8.74. The second-order valence-corrected chi connectivity index (χ2v) is 7.81. The summed E-state index contributed by atoms with van der Waals surface area (Å²) in [6.45, 7) is 1.87. The van der Waals surface area contributed by atoms with Crippen LogP contribution in [-0.2, 0) is 28.5 Å². The summed E-state index contributed by atoms with van der Waals surface area (Å²) in [5.74, 6) is -1.71. The van der Waals surface area contributed by atoms with Gasteiger partial charge in [0.25, 0.3) is 0 Å². The number of hydrogen-bond acceptors (Lipinski definition) is 12. The lowest BCUT2D eigenvalue weighted by Gasteiger charge is -2.44. The zero-order chi connectivity index (χ0) is 22.4. The van der Waals surface area contributed by atoms with Crippen molar-refractivity contribution in [2.45, 2.75) is 75.3 Å². The first-order chi connectivity index (χ1) is 14.0. The van der Waals surface area contributed by atoms with E-state index in [1.54, 1.807) is 0 Å². The molecule has 3 aliphatic rings. The Morgan fingerprint density at radius 3 is 2.37 bits per heavy atom. The first kappa shape index (κ1) is 23.5. The number of aliphatic hydroxyl groups is 6. The molecule has 0 amide bonds. The van der Waals surface area contributed by atoms with Crippen LogP contribution >= 0.6 is 0 Å². The maximum Gasteiger partial charge on any atom is 0.307 e. The average molecular weight is 436 g/mol. The summed E-state index contributed by atoms with van der Waals surface area (Å²) < 4.78 is 27.1. The molecule has 2 fully saturated rings. The van der Waals surface area contributed by atoms with Crippen molar-refractivity contribution in [3.8, 4) is 0 Å². The van der Waals surface area contributed by atoms with Crippen LogP contribution in [0.4, 0.5) is 0 Å². The molecule has 0 aromatic carbocycles. The lowest BCUT2D eigenvalue weighted by Crippen LogP contribution is -2.61. The summed E-state index contributed by atoms with van der Waals surface area (Å²) in [6, 6.07) is 0. The van der Waals surface area contributed by atoms with Gasteiger partial charge in [-0.15, -0.1) is 0 Å². The Labute approximate surface area is 172 Å². The molecular formula is C18H28O12. The van der Waals surface area contributed by atoms with E-state index in [2.05, 4.69) is 0 Å². The van der Waals surface area contributed by atoms with Gasteiger partial charge in [-0.1, -0.05) is 0 Å². The summed E-state index contributed by atoms with van der Waals surface area (Å²) >= 11 is 0. The first-order valence-electron chi connectivity index (χ1n) is 9.48. The number of ether oxygens (including phenoxy) is 5. The number of rotatable bonds is 5. The highest BCUT2D eigenvalue weighted by atomic mass is 16.8. The third-order valence-corrected chi connectivity index (χ3v) is 5.74. The van der Waals surface area contributed by atoms with Gasteiger partial charge in [-0.3, -0.25) is 4.79 Å². The Kier molecular flexibility index (Phi) is 6.84. The molecule has 2 heterocycles. The molecule has 1 saturated carbocycles. The molecule has 0 radical (unpaired) electrons. The molecule has 0 aromatic rings. The summed E-state index contributed by atoms with van der Waals surface area (Å²) in [7, 11) is 1.28. The van der Waals surface area contributed by atoms with Gasteiger partial charge in [-0.25, -0.2) is 0 Å². The molecule has 0 spiro atoms. The number of aliphatic hydroxyl groups excluding tert-OH is 5. The standard InChI is InChI=1S/C18H28O12/c1-6(20)27-14-7-4-9(21)18(2,25)10(7)15(30-17(14)26-3)29-16-13(24)12(23)11(22)8(5-19)28-16/h8-13,15-17,19,21-25H,4-5H2,1-3H3/t8-,9+,10+,11-,12+,13-,15+,16+,17+,18-/m1/s1. The molecule has 1 aliphatic carbocycles. The quantitative estimate of drug-likeness (QED) is 0.242. The zero-order valence-electron chi connectivity index (χ0n) is 16.7. The fraction of sp³-hybridized carbons (Fsp3) is 0.833. The van der Waals surface area contributed by atoms with Crippen LogP contribution in [0.2, 0.25) is 0 Å². The van der Waals surface area contributed by atoms with Crippen molar-refractivity contribution in [3.05, 3.63) is 11.3 Å². The number of carbonyl (C=O) groups is 1. The first-order valence-corrected chi connectivity index (χ1v) is 9.48. The van der Waals surface area contributed by atoms with Gasteiger partial charge in [-0.2, -0.15) is 0 Å². The smallest absolute Gasteiger partial charge is 0.307 e. The third-order valence-electron chi connectivity index (χ3n) is 5.74.